The molecule has 0 bridgehead atoms. The summed E-state index contributed by atoms with van der Waals surface area (Å²) in [6.45, 7) is 2.23. The van der Waals surface area contributed by atoms with Gasteiger partial charge < -0.3 is 9.55 Å². The molecule has 4 nitrogen and oxygen atoms in total. The molecule has 2 aromatic carbocycles. The van der Waals surface area contributed by atoms with Gasteiger partial charge in [0, 0.05) is 27.4 Å². The van der Waals surface area contributed by atoms with Crippen LogP contribution in [0, 0.1) is 12.7 Å². The number of thiazole rings is 1. The maximum Gasteiger partial charge on any atom is 0.284 e. The summed E-state index contributed by atoms with van der Waals surface area (Å²) in [6, 6.07) is 17.4. The van der Waals surface area contributed by atoms with E-state index >= 15 is 0 Å². The predicted octanol–water partition coefficient (Wildman–Crippen LogP) is 5.10. The van der Waals surface area contributed by atoms with Crippen molar-refractivity contribution in [3.63, 3.8) is 0 Å². The number of aromatic nitrogens is 3. The highest BCUT2D eigenvalue weighted by Gasteiger charge is 2.18. The SMILES string of the molecule is Cc1ncsc1-c1cc2ccccc2n1Cc1c(F)c(=O)[nH]c2ccccc12. The number of nitrogens with zero attached hydrogens (tertiary/aromatic N) is 2. The van der Waals surface area contributed by atoms with E-state index in [4.69, 9.17) is 0 Å². The van der Waals surface area contributed by atoms with Crippen LogP contribution < -0.4 is 5.56 Å². The van der Waals surface area contributed by atoms with Gasteiger partial charge in [0.15, 0.2) is 5.82 Å². The Bertz CT molecular complexity index is 1400. The van der Waals surface area contributed by atoms with Crippen LogP contribution >= 0.6 is 11.3 Å². The Morgan fingerprint density at radius 1 is 1.14 bits per heavy atom. The third-order valence-corrected chi connectivity index (χ3v) is 6.02. The Morgan fingerprint density at radius 3 is 2.75 bits per heavy atom. The minimum Gasteiger partial charge on any atom is -0.335 e. The number of fused-ring (bicyclic) bond motifs is 2. The van der Waals surface area contributed by atoms with Crippen molar-refractivity contribution in [1.82, 2.24) is 14.5 Å². The Hall–Kier alpha value is -3.25. The van der Waals surface area contributed by atoms with Crippen LogP contribution in [0.2, 0.25) is 0 Å². The minimum atomic E-state index is -0.733. The Balaban J connectivity index is 1.80. The van der Waals surface area contributed by atoms with Crippen LogP contribution in [0.1, 0.15) is 11.3 Å². The maximum absolute atomic E-state index is 14.9. The molecule has 5 aromatic rings. The number of aryl methyl sites for hydroxylation is 1. The zero-order valence-electron chi connectivity index (χ0n) is 15.1. The molecule has 0 amide bonds. The van der Waals surface area contributed by atoms with Crippen LogP contribution in [0.4, 0.5) is 4.39 Å². The second kappa shape index (κ2) is 6.42. The van der Waals surface area contributed by atoms with Crippen molar-refractivity contribution in [2.75, 3.05) is 0 Å². The van der Waals surface area contributed by atoms with Gasteiger partial charge in [-0.3, -0.25) is 4.79 Å². The van der Waals surface area contributed by atoms with E-state index in [2.05, 4.69) is 20.6 Å². The van der Waals surface area contributed by atoms with Gasteiger partial charge in [-0.25, -0.2) is 9.37 Å². The smallest absolute Gasteiger partial charge is 0.284 e. The second-order valence-electron chi connectivity index (χ2n) is 6.73. The highest BCUT2D eigenvalue weighted by Crippen LogP contribution is 2.34. The number of nitrogens with one attached hydrogen (secondary N) is 1. The average molecular weight is 389 g/mol. The fourth-order valence-electron chi connectivity index (χ4n) is 3.72. The second-order valence-corrected chi connectivity index (χ2v) is 7.59. The molecular formula is C22H16FN3OS. The molecule has 0 radical (unpaired) electrons. The third kappa shape index (κ3) is 2.57. The van der Waals surface area contributed by atoms with Crippen LogP contribution in [-0.2, 0) is 6.54 Å². The molecule has 138 valence electrons. The Kier molecular flexibility index (Phi) is 3.87. The zero-order chi connectivity index (χ0) is 19.3. The summed E-state index contributed by atoms with van der Waals surface area (Å²) < 4.78 is 17.0. The highest BCUT2D eigenvalue weighted by atomic mass is 32.1. The van der Waals surface area contributed by atoms with Crippen molar-refractivity contribution in [3.8, 4) is 10.6 Å². The Morgan fingerprint density at radius 2 is 1.93 bits per heavy atom. The molecule has 0 saturated carbocycles. The lowest BCUT2D eigenvalue weighted by atomic mass is 10.1. The van der Waals surface area contributed by atoms with Crippen molar-refractivity contribution in [2.45, 2.75) is 13.5 Å². The monoisotopic (exact) mass is 389 g/mol. The van der Waals surface area contributed by atoms with E-state index < -0.39 is 11.4 Å². The first-order valence-corrected chi connectivity index (χ1v) is 9.79. The van der Waals surface area contributed by atoms with E-state index in [-0.39, 0.29) is 6.54 Å². The average Bonchev–Trinajstić information content (AvgIpc) is 3.28. The van der Waals surface area contributed by atoms with Crippen molar-refractivity contribution in [1.29, 1.82) is 0 Å². The molecule has 3 aromatic heterocycles. The molecule has 0 aliphatic carbocycles. The maximum atomic E-state index is 14.9. The lowest BCUT2D eigenvalue weighted by Gasteiger charge is -2.13. The van der Waals surface area contributed by atoms with Gasteiger partial charge in [0.05, 0.1) is 28.3 Å². The number of para-hydroxylation sites is 2. The van der Waals surface area contributed by atoms with Gasteiger partial charge in [-0.15, -0.1) is 11.3 Å². The van der Waals surface area contributed by atoms with Gasteiger partial charge in [0.25, 0.3) is 5.56 Å². The van der Waals surface area contributed by atoms with Crippen LogP contribution in [0.5, 0.6) is 0 Å². The topological polar surface area (TPSA) is 50.7 Å². The number of hydrogen-bond donors (Lipinski definition) is 1. The van der Waals surface area contributed by atoms with Crippen molar-refractivity contribution >= 4 is 33.1 Å². The van der Waals surface area contributed by atoms with Crippen LogP contribution in [0.15, 0.2) is 64.9 Å². The van der Waals surface area contributed by atoms with Gasteiger partial charge in [-0.1, -0.05) is 36.4 Å². The number of hydrogen-bond acceptors (Lipinski definition) is 3. The normalized spacial score (nSPS) is 11.5. The molecule has 28 heavy (non-hydrogen) atoms. The molecule has 0 fully saturated rings. The summed E-state index contributed by atoms with van der Waals surface area (Å²) in [5.41, 5.74) is 5.06. The molecule has 1 N–H and O–H groups in total. The van der Waals surface area contributed by atoms with Crippen molar-refractivity contribution < 1.29 is 4.39 Å². The molecular weight excluding hydrogens is 373 g/mol. The van der Waals surface area contributed by atoms with E-state index in [1.807, 2.05) is 54.9 Å². The standard InChI is InChI=1S/C22H16FN3OS/c1-13-21(28-12-24-13)19-10-14-6-2-5-9-18(14)26(19)11-16-15-7-3-4-8-17(15)25-22(27)20(16)23/h2-10,12H,11H2,1H3,(H,25,27). The first-order chi connectivity index (χ1) is 13.6. The summed E-state index contributed by atoms with van der Waals surface area (Å²) in [6.07, 6.45) is 0. The van der Waals surface area contributed by atoms with Crippen molar-refractivity contribution in [3.05, 3.63) is 87.5 Å². The molecule has 0 aliphatic heterocycles. The van der Waals surface area contributed by atoms with Gasteiger partial charge in [0.2, 0.25) is 0 Å². The number of halogens is 1. The minimum absolute atomic E-state index is 0.260. The lowest BCUT2D eigenvalue weighted by molar-refractivity contribution is 0.589. The molecule has 3 heterocycles. The molecule has 0 spiro atoms. The van der Waals surface area contributed by atoms with E-state index in [1.165, 1.54) is 0 Å². The number of rotatable bonds is 3. The molecule has 0 unspecified atom stereocenters. The lowest BCUT2D eigenvalue weighted by Crippen LogP contribution is -2.16. The van der Waals surface area contributed by atoms with Gasteiger partial charge in [0.1, 0.15) is 0 Å². The number of benzene rings is 2. The molecule has 0 atom stereocenters. The summed E-state index contributed by atoms with van der Waals surface area (Å²) in [5.74, 6) is -0.733. The fraction of sp³-hybridized carbons (Fsp3) is 0.0909. The first-order valence-electron chi connectivity index (χ1n) is 8.91. The van der Waals surface area contributed by atoms with E-state index in [9.17, 15) is 9.18 Å². The first kappa shape index (κ1) is 16.9. The summed E-state index contributed by atoms with van der Waals surface area (Å²) in [7, 11) is 0. The predicted molar refractivity (Wildman–Crippen MR) is 111 cm³/mol. The summed E-state index contributed by atoms with van der Waals surface area (Å²) in [5, 5.41) is 1.78. The van der Waals surface area contributed by atoms with Gasteiger partial charge in [-0.05, 0) is 25.1 Å². The quantitative estimate of drug-likeness (QED) is 0.467. The van der Waals surface area contributed by atoms with Crippen molar-refractivity contribution in [2.24, 2.45) is 0 Å². The van der Waals surface area contributed by atoms with Crippen LogP contribution in [0.25, 0.3) is 32.4 Å². The summed E-state index contributed by atoms with van der Waals surface area (Å²) in [4.78, 5) is 20.2. The fourth-order valence-corrected chi connectivity index (χ4v) is 4.55. The van der Waals surface area contributed by atoms with Gasteiger partial charge in [-0.2, -0.15) is 0 Å². The molecule has 0 saturated heterocycles. The van der Waals surface area contributed by atoms with E-state index in [1.54, 1.807) is 17.4 Å². The third-order valence-electron chi connectivity index (χ3n) is 5.07. The molecule has 0 aliphatic rings. The zero-order valence-corrected chi connectivity index (χ0v) is 15.9. The number of aromatic amines is 1. The van der Waals surface area contributed by atoms with Crippen LogP contribution in [-0.4, -0.2) is 14.5 Å². The number of H-pyrrole nitrogens is 1. The Labute approximate surface area is 163 Å². The van der Waals surface area contributed by atoms with E-state index in [0.29, 0.717) is 16.5 Å². The van der Waals surface area contributed by atoms with Crippen LogP contribution in [0.3, 0.4) is 0 Å². The number of pyridine rings is 1. The molecule has 5 rings (SSSR count). The molecule has 6 heteroatoms. The van der Waals surface area contributed by atoms with Gasteiger partial charge >= 0.3 is 0 Å². The van der Waals surface area contributed by atoms with E-state index in [0.717, 1.165) is 27.2 Å². The largest absolute Gasteiger partial charge is 0.335 e. The highest BCUT2D eigenvalue weighted by molar-refractivity contribution is 7.13. The summed E-state index contributed by atoms with van der Waals surface area (Å²) >= 11 is 1.56.